The van der Waals surface area contributed by atoms with Crippen LogP contribution in [0.3, 0.4) is 0 Å². The van der Waals surface area contributed by atoms with E-state index in [-0.39, 0.29) is 6.04 Å². The number of rotatable bonds is 5. The van der Waals surface area contributed by atoms with E-state index < -0.39 is 0 Å². The van der Waals surface area contributed by atoms with E-state index in [0.29, 0.717) is 11.4 Å². The molecule has 3 atom stereocenters. The van der Waals surface area contributed by atoms with E-state index in [4.69, 9.17) is 10.5 Å². The molecule has 3 unspecified atom stereocenters. The monoisotopic (exact) mass is 343 g/mol. The molecule has 1 aliphatic heterocycles. The van der Waals surface area contributed by atoms with Crippen molar-refractivity contribution >= 4 is 27.7 Å². The molecule has 1 aromatic carbocycles. The Morgan fingerprint density at radius 1 is 1.53 bits per heavy atom. The Labute approximate surface area is 128 Å². The van der Waals surface area contributed by atoms with Crippen molar-refractivity contribution in [2.24, 2.45) is 5.73 Å². The zero-order valence-electron chi connectivity index (χ0n) is 11.6. The molecule has 0 aliphatic carbocycles. The minimum absolute atomic E-state index is 0.258. The topological polar surface area (TPSA) is 35.2 Å². The maximum atomic E-state index is 6.01. The second kappa shape index (κ2) is 7.11. The van der Waals surface area contributed by atoms with Crippen LogP contribution in [-0.2, 0) is 11.2 Å². The van der Waals surface area contributed by atoms with Crippen LogP contribution in [0.4, 0.5) is 0 Å². The molecule has 4 heteroatoms. The van der Waals surface area contributed by atoms with Crippen molar-refractivity contribution < 1.29 is 4.74 Å². The number of hydrogen-bond acceptors (Lipinski definition) is 3. The molecule has 1 aliphatic rings. The first-order chi connectivity index (χ1) is 9.10. The van der Waals surface area contributed by atoms with Crippen molar-refractivity contribution in [3.8, 4) is 0 Å². The van der Waals surface area contributed by atoms with Gasteiger partial charge in [0.15, 0.2) is 0 Å². The van der Waals surface area contributed by atoms with Crippen LogP contribution in [-0.4, -0.2) is 24.0 Å². The van der Waals surface area contributed by atoms with Gasteiger partial charge in [-0.1, -0.05) is 13.0 Å². The molecule has 1 aromatic rings. The summed E-state index contributed by atoms with van der Waals surface area (Å²) in [4.78, 5) is 1.30. The lowest BCUT2D eigenvalue weighted by atomic mass is 10.1. The zero-order valence-corrected chi connectivity index (χ0v) is 14.0. The highest BCUT2D eigenvalue weighted by Crippen LogP contribution is 2.37. The van der Waals surface area contributed by atoms with Crippen molar-refractivity contribution in [2.45, 2.75) is 55.4 Å². The maximum Gasteiger partial charge on any atom is 0.0669 e. The molecule has 19 heavy (non-hydrogen) atoms. The Balaban J connectivity index is 2.02. The quantitative estimate of drug-likeness (QED) is 0.877. The van der Waals surface area contributed by atoms with E-state index in [1.165, 1.54) is 14.9 Å². The van der Waals surface area contributed by atoms with Crippen molar-refractivity contribution in [1.82, 2.24) is 0 Å². The number of thioether (sulfide) groups is 1. The average molecular weight is 344 g/mol. The maximum absolute atomic E-state index is 6.01. The third-order valence-corrected chi connectivity index (χ3v) is 6.05. The largest absolute Gasteiger partial charge is 0.377 e. The summed E-state index contributed by atoms with van der Waals surface area (Å²) in [5.41, 5.74) is 7.31. The number of halogens is 1. The number of nitrogens with two attached hydrogens (primary N) is 1. The van der Waals surface area contributed by atoms with E-state index in [9.17, 15) is 0 Å². The van der Waals surface area contributed by atoms with Gasteiger partial charge in [0, 0.05) is 27.3 Å². The average Bonchev–Trinajstić information content (AvgIpc) is 2.78. The molecule has 2 nitrogen and oxygen atoms in total. The van der Waals surface area contributed by atoms with Gasteiger partial charge in [-0.15, -0.1) is 11.8 Å². The molecule has 0 spiro atoms. The SMILES string of the molecule is CCC(N)Cc1ccc(SC2CCOC2C)c(Br)c1. The fourth-order valence-electron chi connectivity index (χ4n) is 2.24. The van der Waals surface area contributed by atoms with Crippen molar-refractivity contribution in [3.63, 3.8) is 0 Å². The fourth-order valence-corrected chi connectivity index (χ4v) is 4.08. The lowest BCUT2D eigenvalue weighted by molar-refractivity contribution is 0.127. The summed E-state index contributed by atoms with van der Waals surface area (Å²) in [6, 6.07) is 6.87. The summed E-state index contributed by atoms with van der Waals surface area (Å²) in [6.45, 7) is 5.18. The lowest BCUT2D eigenvalue weighted by Gasteiger charge is -2.15. The molecule has 2 rings (SSSR count). The molecule has 1 fully saturated rings. The van der Waals surface area contributed by atoms with E-state index in [1.807, 2.05) is 11.8 Å². The zero-order chi connectivity index (χ0) is 13.8. The van der Waals surface area contributed by atoms with E-state index >= 15 is 0 Å². The van der Waals surface area contributed by atoms with E-state index in [2.05, 4.69) is 48.0 Å². The molecule has 0 saturated carbocycles. The van der Waals surface area contributed by atoms with Gasteiger partial charge in [0.1, 0.15) is 0 Å². The molecule has 106 valence electrons. The van der Waals surface area contributed by atoms with Crippen LogP contribution in [0.15, 0.2) is 27.6 Å². The second-order valence-corrected chi connectivity index (χ2v) is 7.29. The summed E-state index contributed by atoms with van der Waals surface area (Å²) < 4.78 is 6.79. The van der Waals surface area contributed by atoms with Crippen LogP contribution in [0.2, 0.25) is 0 Å². The van der Waals surface area contributed by atoms with Crippen LogP contribution in [0.1, 0.15) is 32.3 Å². The first-order valence-corrected chi connectivity index (χ1v) is 8.59. The molecule has 0 radical (unpaired) electrons. The Kier molecular flexibility index (Phi) is 5.75. The minimum atomic E-state index is 0.258. The van der Waals surface area contributed by atoms with Gasteiger partial charge in [-0.05, 0) is 59.8 Å². The fraction of sp³-hybridized carbons (Fsp3) is 0.600. The van der Waals surface area contributed by atoms with Gasteiger partial charge in [-0.3, -0.25) is 0 Å². The molecule has 1 saturated heterocycles. The number of benzene rings is 1. The highest BCUT2D eigenvalue weighted by molar-refractivity contribution is 9.10. The minimum Gasteiger partial charge on any atom is -0.377 e. The summed E-state index contributed by atoms with van der Waals surface area (Å²) in [6.07, 6.45) is 3.46. The van der Waals surface area contributed by atoms with Crippen LogP contribution in [0.5, 0.6) is 0 Å². The van der Waals surface area contributed by atoms with Crippen LogP contribution < -0.4 is 5.73 Å². The summed E-state index contributed by atoms with van der Waals surface area (Å²) in [5.74, 6) is 0. The molecular weight excluding hydrogens is 322 g/mol. The first-order valence-electron chi connectivity index (χ1n) is 6.92. The number of ether oxygens (including phenoxy) is 1. The van der Waals surface area contributed by atoms with Crippen molar-refractivity contribution in [1.29, 1.82) is 0 Å². The van der Waals surface area contributed by atoms with Gasteiger partial charge in [-0.2, -0.15) is 0 Å². The van der Waals surface area contributed by atoms with Gasteiger partial charge in [0.05, 0.1) is 6.10 Å². The van der Waals surface area contributed by atoms with Gasteiger partial charge in [-0.25, -0.2) is 0 Å². The Morgan fingerprint density at radius 3 is 2.89 bits per heavy atom. The Hall–Kier alpha value is -0.0300. The third kappa shape index (κ3) is 4.22. The summed E-state index contributed by atoms with van der Waals surface area (Å²) in [5, 5.41) is 0.569. The smallest absolute Gasteiger partial charge is 0.0669 e. The first kappa shape index (κ1) is 15.4. The summed E-state index contributed by atoms with van der Waals surface area (Å²) in [7, 11) is 0. The van der Waals surface area contributed by atoms with Crippen molar-refractivity contribution in [2.75, 3.05) is 6.61 Å². The Morgan fingerprint density at radius 2 is 2.32 bits per heavy atom. The highest BCUT2D eigenvalue weighted by Gasteiger charge is 2.25. The second-order valence-electron chi connectivity index (χ2n) is 5.16. The van der Waals surface area contributed by atoms with E-state index in [0.717, 1.165) is 25.9 Å². The van der Waals surface area contributed by atoms with E-state index in [1.54, 1.807) is 0 Å². The Bertz CT molecular complexity index is 427. The molecule has 1 heterocycles. The van der Waals surface area contributed by atoms with Crippen LogP contribution in [0, 0.1) is 0 Å². The van der Waals surface area contributed by atoms with Gasteiger partial charge >= 0.3 is 0 Å². The van der Waals surface area contributed by atoms with Gasteiger partial charge in [0.2, 0.25) is 0 Å². The number of hydrogen-bond donors (Lipinski definition) is 1. The van der Waals surface area contributed by atoms with Crippen LogP contribution >= 0.6 is 27.7 Å². The highest BCUT2D eigenvalue weighted by atomic mass is 79.9. The molecule has 2 N–H and O–H groups in total. The molecule has 0 bridgehead atoms. The predicted octanol–water partition coefficient (Wildman–Crippen LogP) is 4.00. The van der Waals surface area contributed by atoms with Crippen molar-refractivity contribution in [3.05, 3.63) is 28.2 Å². The van der Waals surface area contributed by atoms with Crippen LogP contribution in [0.25, 0.3) is 0 Å². The molecule has 0 aromatic heterocycles. The van der Waals surface area contributed by atoms with Gasteiger partial charge in [0.25, 0.3) is 0 Å². The predicted molar refractivity (Wildman–Crippen MR) is 85.8 cm³/mol. The standard InChI is InChI=1S/C15H22BrNOS/c1-3-12(17)8-11-4-5-15(13(16)9-11)19-14-6-7-18-10(14)2/h4-5,9-10,12,14H,3,6-8,17H2,1-2H3. The molecular formula is C15H22BrNOS. The third-order valence-electron chi connectivity index (χ3n) is 3.60. The molecule has 0 amide bonds. The summed E-state index contributed by atoms with van der Waals surface area (Å²) >= 11 is 5.60. The van der Waals surface area contributed by atoms with Gasteiger partial charge < -0.3 is 10.5 Å². The normalized spacial score (nSPS) is 24.6. The lowest BCUT2D eigenvalue weighted by Crippen LogP contribution is -2.21.